The van der Waals surface area contributed by atoms with Gasteiger partial charge in [-0.05, 0) is 26.3 Å². The number of hydrogen-bond donors (Lipinski definition) is 0. The summed E-state index contributed by atoms with van der Waals surface area (Å²) < 4.78 is 0. The number of benzene rings is 1. The predicted molar refractivity (Wildman–Crippen MR) is 62.9 cm³/mol. The number of likely N-dealkylation sites (N-methyl/N-ethyl adjacent to an activating group) is 1. The second-order valence-electron chi connectivity index (χ2n) is 4.69. The third kappa shape index (κ3) is 2.38. The van der Waals surface area contributed by atoms with Gasteiger partial charge >= 0.3 is 0 Å². The van der Waals surface area contributed by atoms with Gasteiger partial charge in [0.15, 0.2) is 0 Å². The number of carbonyl (C=O) groups is 1. The van der Waals surface area contributed by atoms with E-state index in [1.54, 1.807) is 19.0 Å². The lowest BCUT2D eigenvalue weighted by Gasteiger charge is -2.27. The van der Waals surface area contributed by atoms with Crippen molar-refractivity contribution in [3.63, 3.8) is 0 Å². The zero-order valence-electron chi connectivity index (χ0n) is 10.2. The molecule has 0 aromatic heterocycles. The van der Waals surface area contributed by atoms with Crippen molar-refractivity contribution in [2.45, 2.75) is 26.2 Å². The third-order valence-corrected chi connectivity index (χ3v) is 2.68. The first-order chi connectivity index (χ1) is 6.85. The zero-order chi connectivity index (χ0) is 11.6. The average Bonchev–Trinajstić information content (AvgIpc) is 2.16. The summed E-state index contributed by atoms with van der Waals surface area (Å²) >= 11 is 0. The van der Waals surface area contributed by atoms with Crippen molar-refractivity contribution in [2.24, 2.45) is 0 Å². The Labute approximate surface area is 91.9 Å². The van der Waals surface area contributed by atoms with Gasteiger partial charge in [-0.1, -0.05) is 29.8 Å². The maximum atomic E-state index is 12.0. The molecule has 0 heterocycles. The third-order valence-electron chi connectivity index (χ3n) is 2.68. The summed E-state index contributed by atoms with van der Waals surface area (Å²) in [5.41, 5.74) is 1.81. The van der Waals surface area contributed by atoms with E-state index in [1.807, 2.05) is 39.0 Å². The molecule has 0 unspecified atom stereocenters. The van der Waals surface area contributed by atoms with Gasteiger partial charge in [-0.3, -0.25) is 4.79 Å². The minimum atomic E-state index is -0.449. The molecule has 2 nitrogen and oxygen atoms in total. The van der Waals surface area contributed by atoms with E-state index in [4.69, 9.17) is 0 Å². The van der Waals surface area contributed by atoms with E-state index >= 15 is 0 Å². The molecule has 0 atom stereocenters. The smallest absolute Gasteiger partial charge is 0.232 e. The molecule has 0 saturated carbocycles. The molecule has 0 saturated heterocycles. The van der Waals surface area contributed by atoms with Crippen molar-refractivity contribution in [1.29, 1.82) is 0 Å². The second kappa shape index (κ2) is 4.05. The molecule has 0 aliphatic carbocycles. The number of aryl methyl sites for hydroxylation is 1. The van der Waals surface area contributed by atoms with Crippen molar-refractivity contribution in [3.05, 3.63) is 35.4 Å². The fourth-order valence-corrected chi connectivity index (χ4v) is 1.72. The molecule has 0 aliphatic heterocycles. The predicted octanol–water partition coefficient (Wildman–Crippen LogP) is 2.36. The van der Waals surface area contributed by atoms with E-state index in [0.717, 1.165) is 5.56 Å². The van der Waals surface area contributed by atoms with Gasteiger partial charge in [0.2, 0.25) is 5.91 Å². The first-order valence-electron chi connectivity index (χ1n) is 5.14. The number of nitrogens with zero attached hydrogens (tertiary/aromatic N) is 1. The molecule has 0 aliphatic rings. The lowest BCUT2D eigenvalue weighted by Crippen LogP contribution is -2.39. The first kappa shape index (κ1) is 11.8. The van der Waals surface area contributed by atoms with Gasteiger partial charge in [-0.2, -0.15) is 0 Å². The topological polar surface area (TPSA) is 20.3 Å². The van der Waals surface area contributed by atoms with Crippen molar-refractivity contribution < 1.29 is 4.79 Å². The SMILES string of the molecule is Cc1cccc(C(C)(C)C(=O)N(C)C)c1. The molecule has 1 aromatic carbocycles. The Kier molecular flexibility index (Phi) is 3.18. The lowest BCUT2D eigenvalue weighted by molar-refractivity contribution is -0.133. The fourth-order valence-electron chi connectivity index (χ4n) is 1.72. The molecular formula is C13H19NO. The number of amides is 1. The van der Waals surface area contributed by atoms with Crippen LogP contribution in [0, 0.1) is 6.92 Å². The Bertz CT molecular complexity index is 367. The van der Waals surface area contributed by atoms with Gasteiger partial charge in [0, 0.05) is 14.1 Å². The minimum Gasteiger partial charge on any atom is -0.348 e. The molecule has 0 N–H and O–H groups in total. The highest BCUT2D eigenvalue weighted by Crippen LogP contribution is 2.25. The summed E-state index contributed by atoms with van der Waals surface area (Å²) in [4.78, 5) is 13.6. The second-order valence-corrected chi connectivity index (χ2v) is 4.69. The van der Waals surface area contributed by atoms with Gasteiger partial charge in [0.25, 0.3) is 0 Å². The molecule has 1 rings (SSSR count). The summed E-state index contributed by atoms with van der Waals surface area (Å²) in [5.74, 6) is 0.133. The summed E-state index contributed by atoms with van der Waals surface area (Å²) in [7, 11) is 3.58. The molecule has 0 radical (unpaired) electrons. The van der Waals surface area contributed by atoms with Crippen molar-refractivity contribution in [1.82, 2.24) is 4.90 Å². The van der Waals surface area contributed by atoms with Crippen LogP contribution in [0.15, 0.2) is 24.3 Å². The molecule has 1 amide bonds. The van der Waals surface area contributed by atoms with Crippen LogP contribution < -0.4 is 0 Å². The highest BCUT2D eigenvalue weighted by atomic mass is 16.2. The normalized spacial score (nSPS) is 11.3. The van der Waals surface area contributed by atoms with E-state index in [9.17, 15) is 4.79 Å². The monoisotopic (exact) mass is 205 g/mol. The van der Waals surface area contributed by atoms with Crippen LogP contribution in [-0.2, 0) is 10.2 Å². The maximum absolute atomic E-state index is 12.0. The Balaban J connectivity index is 3.10. The summed E-state index contributed by atoms with van der Waals surface area (Å²) in [6.07, 6.45) is 0. The summed E-state index contributed by atoms with van der Waals surface area (Å²) in [5, 5.41) is 0. The van der Waals surface area contributed by atoms with Crippen molar-refractivity contribution in [2.75, 3.05) is 14.1 Å². The van der Waals surface area contributed by atoms with Crippen LogP contribution in [0.1, 0.15) is 25.0 Å². The van der Waals surface area contributed by atoms with Crippen LogP contribution in [-0.4, -0.2) is 24.9 Å². The maximum Gasteiger partial charge on any atom is 0.232 e. The van der Waals surface area contributed by atoms with E-state index in [1.165, 1.54) is 5.56 Å². The Morgan fingerprint density at radius 1 is 1.27 bits per heavy atom. The number of carbonyl (C=O) groups excluding carboxylic acids is 1. The van der Waals surface area contributed by atoms with Crippen molar-refractivity contribution in [3.8, 4) is 0 Å². The highest BCUT2D eigenvalue weighted by molar-refractivity contribution is 5.87. The van der Waals surface area contributed by atoms with E-state index in [-0.39, 0.29) is 5.91 Å². The van der Waals surface area contributed by atoms with Gasteiger partial charge in [0.1, 0.15) is 0 Å². The van der Waals surface area contributed by atoms with Crippen LogP contribution in [0.4, 0.5) is 0 Å². The Hall–Kier alpha value is -1.31. The highest BCUT2D eigenvalue weighted by Gasteiger charge is 2.30. The average molecular weight is 205 g/mol. The van der Waals surface area contributed by atoms with E-state index < -0.39 is 5.41 Å². The van der Waals surface area contributed by atoms with Gasteiger partial charge in [-0.15, -0.1) is 0 Å². The largest absolute Gasteiger partial charge is 0.348 e. The Morgan fingerprint density at radius 2 is 1.87 bits per heavy atom. The van der Waals surface area contributed by atoms with E-state index in [2.05, 4.69) is 6.07 Å². The molecule has 0 spiro atoms. The molecule has 15 heavy (non-hydrogen) atoms. The van der Waals surface area contributed by atoms with Crippen LogP contribution >= 0.6 is 0 Å². The Morgan fingerprint density at radius 3 is 2.33 bits per heavy atom. The fraction of sp³-hybridized carbons (Fsp3) is 0.462. The molecule has 0 fully saturated rings. The molecule has 1 aromatic rings. The van der Waals surface area contributed by atoms with Crippen LogP contribution in [0.3, 0.4) is 0 Å². The summed E-state index contributed by atoms with van der Waals surface area (Å²) in [6.45, 7) is 5.97. The molecule has 82 valence electrons. The van der Waals surface area contributed by atoms with Crippen LogP contribution in [0.5, 0.6) is 0 Å². The standard InChI is InChI=1S/C13H19NO/c1-10-7-6-8-11(9-10)13(2,3)12(15)14(4)5/h6-9H,1-5H3. The van der Waals surface area contributed by atoms with Crippen LogP contribution in [0.25, 0.3) is 0 Å². The van der Waals surface area contributed by atoms with Crippen LogP contribution in [0.2, 0.25) is 0 Å². The van der Waals surface area contributed by atoms with Gasteiger partial charge < -0.3 is 4.90 Å². The lowest BCUT2D eigenvalue weighted by atomic mass is 9.83. The van der Waals surface area contributed by atoms with Gasteiger partial charge in [-0.25, -0.2) is 0 Å². The van der Waals surface area contributed by atoms with Crippen molar-refractivity contribution >= 4 is 5.91 Å². The minimum absolute atomic E-state index is 0.133. The zero-order valence-corrected chi connectivity index (χ0v) is 10.2. The number of hydrogen-bond acceptors (Lipinski definition) is 1. The van der Waals surface area contributed by atoms with E-state index in [0.29, 0.717) is 0 Å². The molecule has 0 bridgehead atoms. The molecular weight excluding hydrogens is 186 g/mol. The van der Waals surface area contributed by atoms with Gasteiger partial charge in [0.05, 0.1) is 5.41 Å². The summed E-state index contributed by atoms with van der Waals surface area (Å²) in [6, 6.07) is 8.12. The number of rotatable bonds is 2. The molecule has 2 heteroatoms. The quantitative estimate of drug-likeness (QED) is 0.726. The first-order valence-corrected chi connectivity index (χ1v) is 5.14.